The van der Waals surface area contributed by atoms with E-state index in [1.807, 2.05) is 24.3 Å². The average Bonchev–Trinajstić information content (AvgIpc) is 2.65. The van der Waals surface area contributed by atoms with E-state index in [0.717, 1.165) is 11.3 Å². The summed E-state index contributed by atoms with van der Waals surface area (Å²) in [5.41, 5.74) is 1.89. The van der Waals surface area contributed by atoms with Gasteiger partial charge in [0, 0.05) is 50.9 Å². The third kappa shape index (κ3) is 3.93. The van der Waals surface area contributed by atoms with Crippen LogP contribution in [0.1, 0.15) is 17.9 Å². The lowest BCUT2D eigenvalue weighted by Gasteiger charge is -2.46. The molecule has 0 unspecified atom stereocenters. The van der Waals surface area contributed by atoms with Crippen molar-refractivity contribution >= 4 is 17.6 Å². The number of nitrogens with one attached hydrogen (secondary N) is 1. The Balaban J connectivity index is 1.11. The maximum Gasteiger partial charge on any atom is 0.395 e. The van der Waals surface area contributed by atoms with Crippen LogP contribution in [0.3, 0.4) is 0 Å². The largest absolute Gasteiger partial charge is 0.395 e. The quantitative estimate of drug-likeness (QED) is 0.765. The number of rotatable bonds is 2. The number of carbonyl (C=O) groups excluding carboxylic acids is 2. The van der Waals surface area contributed by atoms with Crippen LogP contribution in [0.25, 0.3) is 0 Å². The Hall–Kier alpha value is -2.49. The SMILES string of the molecule is O=C1CO[C@H]2CCN(C(=O)N3CC(c4ccc(N5CC(C(F)(F)F)C5)cc4)C3)C[C@H]2N1. The molecule has 0 saturated carbocycles. The van der Waals surface area contributed by atoms with Gasteiger partial charge in [0.1, 0.15) is 6.61 Å². The zero-order valence-corrected chi connectivity index (χ0v) is 17.0. The van der Waals surface area contributed by atoms with Crippen LogP contribution in [0, 0.1) is 5.92 Å². The van der Waals surface area contributed by atoms with Crippen molar-refractivity contribution in [1.82, 2.24) is 15.1 Å². The Morgan fingerprint density at radius 1 is 1.03 bits per heavy atom. The number of morpholine rings is 1. The van der Waals surface area contributed by atoms with Crippen molar-refractivity contribution in [1.29, 1.82) is 0 Å². The molecular weight excluding hydrogens is 413 g/mol. The molecule has 1 aromatic carbocycles. The zero-order valence-electron chi connectivity index (χ0n) is 17.0. The Kier molecular flexibility index (Phi) is 4.99. The normalized spacial score (nSPS) is 27.3. The second-order valence-corrected chi connectivity index (χ2v) is 8.88. The van der Waals surface area contributed by atoms with Crippen molar-refractivity contribution < 1.29 is 27.5 Å². The highest BCUT2D eigenvalue weighted by Gasteiger charge is 2.47. The van der Waals surface area contributed by atoms with Crippen molar-refractivity contribution in [2.24, 2.45) is 5.92 Å². The van der Waals surface area contributed by atoms with Crippen LogP contribution in [0.15, 0.2) is 24.3 Å². The van der Waals surface area contributed by atoms with E-state index in [0.29, 0.717) is 32.6 Å². The monoisotopic (exact) mass is 438 g/mol. The summed E-state index contributed by atoms with van der Waals surface area (Å²) in [6.07, 6.45) is -3.44. The average molecular weight is 438 g/mol. The van der Waals surface area contributed by atoms with E-state index in [1.54, 1.807) is 14.7 Å². The molecule has 1 aromatic rings. The summed E-state index contributed by atoms with van der Waals surface area (Å²) in [5, 5.41) is 2.90. The fourth-order valence-electron chi connectivity index (χ4n) is 4.77. The van der Waals surface area contributed by atoms with E-state index in [-0.39, 0.29) is 49.7 Å². The first-order chi connectivity index (χ1) is 14.8. The molecule has 4 heterocycles. The van der Waals surface area contributed by atoms with Gasteiger partial charge < -0.3 is 24.8 Å². The van der Waals surface area contributed by atoms with Gasteiger partial charge >= 0.3 is 12.2 Å². The number of amides is 3. The second kappa shape index (κ2) is 7.58. The molecule has 0 aromatic heterocycles. The molecule has 0 aliphatic carbocycles. The van der Waals surface area contributed by atoms with E-state index in [1.165, 1.54) is 0 Å². The Labute approximate surface area is 178 Å². The predicted molar refractivity (Wildman–Crippen MR) is 106 cm³/mol. The fourth-order valence-corrected chi connectivity index (χ4v) is 4.77. The van der Waals surface area contributed by atoms with E-state index in [9.17, 15) is 22.8 Å². The Morgan fingerprint density at radius 2 is 1.74 bits per heavy atom. The van der Waals surface area contributed by atoms with Gasteiger partial charge in [-0.25, -0.2) is 4.79 Å². The van der Waals surface area contributed by atoms with Crippen LogP contribution in [0.5, 0.6) is 0 Å². The van der Waals surface area contributed by atoms with E-state index in [4.69, 9.17) is 4.74 Å². The predicted octanol–water partition coefficient (Wildman–Crippen LogP) is 1.79. The zero-order chi connectivity index (χ0) is 21.8. The molecule has 31 heavy (non-hydrogen) atoms. The topological polar surface area (TPSA) is 65.1 Å². The molecule has 0 radical (unpaired) electrons. The highest BCUT2D eigenvalue weighted by molar-refractivity contribution is 5.79. The summed E-state index contributed by atoms with van der Waals surface area (Å²) in [4.78, 5) is 29.7. The molecule has 7 nitrogen and oxygen atoms in total. The molecule has 4 aliphatic heterocycles. The molecule has 10 heteroatoms. The first kappa shape index (κ1) is 20.4. The Morgan fingerprint density at radius 3 is 2.42 bits per heavy atom. The van der Waals surface area contributed by atoms with Gasteiger partial charge in [-0.15, -0.1) is 0 Å². The van der Waals surface area contributed by atoms with E-state index < -0.39 is 12.1 Å². The van der Waals surface area contributed by atoms with Gasteiger partial charge in [0.25, 0.3) is 0 Å². The number of likely N-dealkylation sites (tertiary alicyclic amines) is 2. The number of ether oxygens (including phenoxy) is 1. The molecule has 4 aliphatic rings. The van der Waals surface area contributed by atoms with Crippen molar-refractivity contribution in [2.75, 3.05) is 50.8 Å². The van der Waals surface area contributed by atoms with E-state index >= 15 is 0 Å². The molecule has 168 valence electrons. The number of fused-ring (bicyclic) bond motifs is 1. The van der Waals surface area contributed by atoms with Gasteiger partial charge in [0.05, 0.1) is 18.1 Å². The summed E-state index contributed by atoms with van der Waals surface area (Å²) in [5.74, 6) is -1.15. The number of hydrogen-bond donors (Lipinski definition) is 1. The lowest BCUT2D eigenvalue weighted by molar-refractivity contribution is -0.180. The van der Waals surface area contributed by atoms with Crippen molar-refractivity contribution in [2.45, 2.75) is 30.7 Å². The molecule has 2 atom stereocenters. The van der Waals surface area contributed by atoms with Gasteiger partial charge in [-0.05, 0) is 24.1 Å². The van der Waals surface area contributed by atoms with Gasteiger partial charge in [-0.2, -0.15) is 13.2 Å². The summed E-state index contributed by atoms with van der Waals surface area (Å²) in [6.45, 7) is 2.41. The maximum absolute atomic E-state index is 12.8. The van der Waals surface area contributed by atoms with E-state index in [2.05, 4.69) is 5.32 Å². The van der Waals surface area contributed by atoms with Gasteiger partial charge in [-0.1, -0.05) is 12.1 Å². The first-order valence-electron chi connectivity index (χ1n) is 10.6. The van der Waals surface area contributed by atoms with Crippen molar-refractivity contribution in [3.63, 3.8) is 0 Å². The van der Waals surface area contributed by atoms with Crippen LogP contribution in [0.4, 0.5) is 23.7 Å². The second-order valence-electron chi connectivity index (χ2n) is 8.88. The summed E-state index contributed by atoms with van der Waals surface area (Å²) < 4.78 is 43.5. The first-order valence-corrected chi connectivity index (χ1v) is 10.6. The number of carbonyl (C=O) groups is 2. The minimum atomic E-state index is -4.12. The Bertz CT molecular complexity index is 850. The number of alkyl halides is 3. The standard InChI is InChI=1S/C21H25F3N4O3/c22-21(23,24)15-9-27(10-15)16-3-1-13(2-4-16)14-7-28(8-14)20(30)26-6-5-18-17(11-26)25-19(29)12-31-18/h1-4,14-15,17-18H,5-12H2,(H,25,29)/t17-,18+/m1/s1. The molecule has 1 N–H and O–H groups in total. The number of nitrogens with zero attached hydrogens (tertiary/aromatic N) is 3. The van der Waals surface area contributed by atoms with Gasteiger partial charge in [0.2, 0.25) is 5.91 Å². The third-order valence-electron chi connectivity index (χ3n) is 6.82. The summed E-state index contributed by atoms with van der Waals surface area (Å²) in [7, 11) is 0. The van der Waals surface area contributed by atoms with Crippen LogP contribution in [-0.4, -0.2) is 85.9 Å². The molecule has 4 saturated heterocycles. The molecule has 0 bridgehead atoms. The van der Waals surface area contributed by atoms with Gasteiger partial charge in [0.15, 0.2) is 0 Å². The van der Waals surface area contributed by atoms with Crippen LogP contribution >= 0.6 is 0 Å². The maximum atomic E-state index is 12.8. The van der Waals surface area contributed by atoms with Crippen molar-refractivity contribution in [3.05, 3.63) is 29.8 Å². The number of anilines is 1. The van der Waals surface area contributed by atoms with Gasteiger partial charge in [-0.3, -0.25) is 4.79 Å². The number of urea groups is 1. The fraction of sp³-hybridized carbons (Fsp3) is 0.619. The van der Waals surface area contributed by atoms with Crippen molar-refractivity contribution in [3.8, 4) is 0 Å². The van der Waals surface area contributed by atoms with Crippen LogP contribution in [0.2, 0.25) is 0 Å². The number of halogens is 3. The molecule has 5 rings (SSSR count). The molecule has 0 spiro atoms. The molecule has 3 amide bonds. The highest BCUT2D eigenvalue weighted by atomic mass is 19.4. The minimum absolute atomic E-state index is 0.0116. The van der Waals surface area contributed by atoms with Crippen LogP contribution in [-0.2, 0) is 9.53 Å². The number of piperidine rings is 1. The smallest absolute Gasteiger partial charge is 0.370 e. The third-order valence-corrected chi connectivity index (χ3v) is 6.82. The lowest BCUT2D eigenvalue weighted by atomic mass is 9.91. The minimum Gasteiger partial charge on any atom is -0.370 e. The molecular formula is C21H25F3N4O3. The lowest BCUT2D eigenvalue weighted by Crippen LogP contribution is -2.63. The summed E-state index contributed by atoms with van der Waals surface area (Å²) in [6, 6.07) is 7.45. The van der Waals surface area contributed by atoms with Crippen LogP contribution < -0.4 is 10.2 Å². The number of benzene rings is 1. The highest BCUT2D eigenvalue weighted by Crippen LogP contribution is 2.37. The summed E-state index contributed by atoms with van der Waals surface area (Å²) >= 11 is 0. The number of hydrogen-bond acceptors (Lipinski definition) is 4. The molecule has 4 fully saturated rings.